The molecule has 0 fully saturated rings. The van der Waals surface area contributed by atoms with E-state index in [1.807, 2.05) is 49.4 Å². The molecule has 0 saturated carbocycles. The van der Waals surface area contributed by atoms with Gasteiger partial charge >= 0.3 is 0 Å². The number of carbonyl (C=O) groups excluding carboxylic acids is 3. The van der Waals surface area contributed by atoms with Crippen molar-refractivity contribution in [3.63, 3.8) is 0 Å². The van der Waals surface area contributed by atoms with Crippen molar-refractivity contribution < 1.29 is 14.4 Å². The Kier molecular flexibility index (Phi) is 7.22. The Balaban J connectivity index is 1.93. The predicted molar refractivity (Wildman–Crippen MR) is 117 cm³/mol. The summed E-state index contributed by atoms with van der Waals surface area (Å²) in [4.78, 5) is 37.0. The number of nitrogens with one attached hydrogen (secondary N) is 3. The standard InChI is InChI=1S/C24H29N3O3/c1-16-8-6-11-20-22(16)19-10-7-9-18(14-19)15-26-24(30)21(27-17(2)28)12-4-3-5-13-25-23(20)29/h6-11,14,21H,3-5,12-13,15H2,1-2H3,(H,25,29)(H,26,30)(H,27,28). The van der Waals surface area contributed by atoms with Crippen LogP contribution in [-0.2, 0) is 16.1 Å². The molecular formula is C24H29N3O3. The third-order valence-electron chi connectivity index (χ3n) is 5.35. The van der Waals surface area contributed by atoms with E-state index in [2.05, 4.69) is 16.0 Å². The van der Waals surface area contributed by atoms with E-state index in [4.69, 9.17) is 0 Å². The molecule has 0 radical (unpaired) electrons. The zero-order valence-corrected chi connectivity index (χ0v) is 17.6. The van der Waals surface area contributed by atoms with Crippen molar-refractivity contribution in [1.82, 2.24) is 16.0 Å². The molecule has 2 aromatic rings. The second-order valence-corrected chi connectivity index (χ2v) is 7.77. The van der Waals surface area contributed by atoms with Gasteiger partial charge in [-0.2, -0.15) is 0 Å². The quantitative estimate of drug-likeness (QED) is 0.679. The number of aryl methyl sites for hydroxylation is 1. The summed E-state index contributed by atoms with van der Waals surface area (Å²) < 4.78 is 0. The molecule has 0 aromatic heterocycles. The van der Waals surface area contributed by atoms with Crippen LogP contribution in [0.2, 0.25) is 0 Å². The van der Waals surface area contributed by atoms with Crippen LogP contribution >= 0.6 is 0 Å². The Morgan fingerprint density at radius 1 is 1.03 bits per heavy atom. The van der Waals surface area contributed by atoms with Gasteiger partial charge in [-0.1, -0.05) is 43.2 Å². The molecule has 1 unspecified atom stereocenters. The molecule has 1 heterocycles. The summed E-state index contributed by atoms with van der Waals surface area (Å²) in [6.07, 6.45) is 3.04. The highest BCUT2D eigenvalue weighted by molar-refractivity contribution is 6.01. The number of amides is 3. The summed E-state index contributed by atoms with van der Waals surface area (Å²) in [5, 5.41) is 8.71. The average molecular weight is 408 g/mol. The number of benzene rings is 2. The van der Waals surface area contributed by atoms with E-state index < -0.39 is 6.04 Å². The zero-order valence-electron chi connectivity index (χ0n) is 17.6. The second-order valence-electron chi connectivity index (χ2n) is 7.77. The van der Waals surface area contributed by atoms with Crippen LogP contribution in [0.5, 0.6) is 0 Å². The van der Waals surface area contributed by atoms with Crippen LogP contribution in [0.25, 0.3) is 11.1 Å². The lowest BCUT2D eigenvalue weighted by atomic mass is 9.93. The first-order valence-electron chi connectivity index (χ1n) is 10.5. The molecule has 2 aromatic carbocycles. The van der Waals surface area contributed by atoms with Gasteiger partial charge < -0.3 is 16.0 Å². The smallest absolute Gasteiger partial charge is 0.251 e. The average Bonchev–Trinajstić information content (AvgIpc) is 2.72. The summed E-state index contributed by atoms with van der Waals surface area (Å²) in [7, 11) is 0. The minimum Gasteiger partial charge on any atom is -0.352 e. The molecule has 3 amide bonds. The molecule has 3 N–H and O–H groups in total. The maximum atomic E-state index is 12.8. The highest BCUT2D eigenvalue weighted by Crippen LogP contribution is 2.28. The zero-order chi connectivity index (χ0) is 21.5. The largest absolute Gasteiger partial charge is 0.352 e. The molecular weight excluding hydrogens is 378 g/mol. The summed E-state index contributed by atoms with van der Waals surface area (Å²) in [5.41, 5.74) is 4.47. The van der Waals surface area contributed by atoms with Crippen LogP contribution in [-0.4, -0.2) is 30.3 Å². The monoisotopic (exact) mass is 407 g/mol. The molecule has 0 spiro atoms. The van der Waals surface area contributed by atoms with E-state index in [9.17, 15) is 14.4 Å². The van der Waals surface area contributed by atoms with Gasteiger partial charge in [-0.05, 0) is 54.2 Å². The van der Waals surface area contributed by atoms with Crippen LogP contribution in [0.15, 0.2) is 42.5 Å². The molecule has 0 saturated heterocycles. The van der Waals surface area contributed by atoms with Crippen molar-refractivity contribution in [3.8, 4) is 11.1 Å². The third-order valence-corrected chi connectivity index (χ3v) is 5.35. The van der Waals surface area contributed by atoms with Crippen molar-refractivity contribution in [2.24, 2.45) is 0 Å². The van der Waals surface area contributed by atoms with Gasteiger partial charge in [0.15, 0.2) is 0 Å². The van der Waals surface area contributed by atoms with Gasteiger partial charge in [0.05, 0.1) is 0 Å². The number of carbonyl (C=O) groups is 3. The fourth-order valence-electron chi connectivity index (χ4n) is 3.85. The Labute approximate surface area is 177 Å². The van der Waals surface area contributed by atoms with Crippen molar-refractivity contribution in [1.29, 1.82) is 0 Å². The molecule has 3 rings (SSSR count). The summed E-state index contributed by atoms with van der Waals surface area (Å²) in [5.74, 6) is -0.464. The lowest BCUT2D eigenvalue weighted by Crippen LogP contribution is -2.45. The summed E-state index contributed by atoms with van der Waals surface area (Å²) in [6.45, 7) is 4.35. The molecule has 2 bridgehead atoms. The van der Waals surface area contributed by atoms with E-state index >= 15 is 0 Å². The van der Waals surface area contributed by atoms with Gasteiger partial charge in [0, 0.05) is 25.6 Å². The number of rotatable bonds is 1. The summed E-state index contributed by atoms with van der Waals surface area (Å²) in [6, 6.07) is 13.1. The first kappa shape index (κ1) is 21.6. The van der Waals surface area contributed by atoms with E-state index in [1.54, 1.807) is 0 Å². The van der Waals surface area contributed by atoms with Gasteiger partial charge in [-0.25, -0.2) is 0 Å². The summed E-state index contributed by atoms with van der Waals surface area (Å²) >= 11 is 0. The van der Waals surface area contributed by atoms with E-state index in [-0.39, 0.29) is 17.7 Å². The molecule has 6 heteroatoms. The minimum atomic E-state index is -0.545. The molecule has 6 nitrogen and oxygen atoms in total. The van der Waals surface area contributed by atoms with Gasteiger partial charge in [-0.3, -0.25) is 14.4 Å². The fourth-order valence-corrected chi connectivity index (χ4v) is 3.85. The normalized spacial score (nSPS) is 18.0. The lowest BCUT2D eigenvalue weighted by Gasteiger charge is -2.19. The lowest BCUT2D eigenvalue weighted by molar-refractivity contribution is -0.128. The Bertz CT molecular complexity index is 939. The van der Waals surface area contributed by atoms with Crippen molar-refractivity contribution in [3.05, 3.63) is 59.2 Å². The predicted octanol–water partition coefficient (Wildman–Crippen LogP) is 3.09. The highest BCUT2D eigenvalue weighted by Gasteiger charge is 2.20. The van der Waals surface area contributed by atoms with Gasteiger partial charge in [-0.15, -0.1) is 0 Å². The van der Waals surface area contributed by atoms with E-state index in [1.165, 1.54) is 6.92 Å². The van der Waals surface area contributed by atoms with Gasteiger partial charge in [0.2, 0.25) is 11.8 Å². The molecule has 0 aliphatic carbocycles. The van der Waals surface area contributed by atoms with Crippen LogP contribution in [0, 0.1) is 6.92 Å². The van der Waals surface area contributed by atoms with Crippen LogP contribution in [0.3, 0.4) is 0 Å². The fraction of sp³-hybridized carbons (Fsp3) is 0.375. The van der Waals surface area contributed by atoms with Crippen molar-refractivity contribution in [2.75, 3.05) is 6.54 Å². The second kappa shape index (κ2) is 10.1. The molecule has 1 atom stereocenters. The first-order valence-corrected chi connectivity index (χ1v) is 10.5. The highest BCUT2D eigenvalue weighted by atomic mass is 16.2. The van der Waals surface area contributed by atoms with Crippen LogP contribution in [0.4, 0.5) is 0 Å². The number of hydrogen-bond acceptors (Lipinski definition) is 3. The Morgan fingerprint density at radius 3 is 2.63 bits per heavy atom. The maximum Gasteiger partial charge on any atom is 0.251 e. The molecule has 158 valence electrons. The van der Waals surface area contributed by atoms with Crippen LogP contribution < -0.4 is 16.0 Å². The third kappa shape index (κ3) is 5.47. The van der Waals surface area contributed by atoms with Crippen molar-refractivity contribution in [2.45, 2.75) is 52.1 Å². The Morgan fingerprint density at radius 2 is 1.83 bits per heavy atom. The number of fused-ring (bicyclic) bond motifs is 4. The van der Waals surface area contributed by atoms with Crippen molar-refractivity contribution >= 4 is 17.7 Å². The first-order chi connectivity index (χ1) is 14.5. The van der Waals surface area contributed by atoms with Gasteiger partial charge in [0.1, 0.15) is 6.04 Å². The number of hydrogen-bond donors (Lipinski definition) is 3. The minimum absolute atomic E-state index is 0.0735. The molecule has 30 heavy (non-hydrogen) atoms. The molecule has 1 aliphatic heterocycles. The molecule has 1 aliphatic rings. The van der Waals surface area contributed by atoms with E-state index in [0.29, 0.717) is 25.1 Å². The van der Waals surface area contributed by atoms with E-state index in [0.717, 1.165) is 41.5 Å². The maximum absolute atomic E-state index is 12.8. The van der Waals surface area contributed by atoms with Crippen LogP contribution in [0.1, 0.15) is 54.1 Å². The SMILES string of the molecule is CC(=O)NC1CCCCCNC(=O)c2cccc(C)c2-c2cccc(c2)CNC1=O. The Hall–Kier alpha value is -3.15. The topological polar surface area (TPSA) is 87.3 Å². The van der Waals surface area contributed by atoms with Gasteiger partial charge in [0.25, 0.3) is 5.91 Å².